The molecule has 0 aromatic heterocycles. The molecule has 0 bridgehead atoms. The Morgan fingerprint density at radius 2 is 2.13 bits per heavy atom. The van der Waals surface area contributed by atoms with E-state index < -0.39 is 17.2 Å². The van der Waals surface area contributed by atoms with E-state index in [-0.39, 0.29) is 17.1 Å². The van der Waals surface area contributed by atoms with Crippen LogP contribution >= 0.6 is 22.6 Å². The van der Waals surface area contributed by atoms with Crippen LogP contribution in [-0.4, -0.2) is 5.11 Å². The van der Waals surface area contributed by atoms with E-state index in [9.17, 15) is 13.9 Å². The Balaban J connectivity index is 2.69. The maximum absolute atomic E-state index is 13.3. The van der Waals surface area contributed by atoms with Crippen LogP contribution in [0.3, 0.4) is 0 Å². The Hall–Kier alpha value is -0.690. The molecule has 1 aliphatic rings. The summed E-state index contributed by atoms with van der Waals surface area (Å²) in [7, 11) is 0. The largest absolute Gasteiger partial charge is 0.454 e. The van der Waals surface area contributed by atoms with Gasteiger partial charge in [0.2, 0.25) is 0 Å². The molecule has 0 amide bonds. The van der Waals surface area contributed by atoms with Crippen molar-refractivity contribution in [3.8, 4) is 5.75 Å². The second kappa shape index (κ2) is 3.41. The van der Waals surface area contributed by atoms with Gasteiger partial charge in [-0.15, -0.1) is 0 Å². The number of ether oxygens (including phenoxy) is 1. The van der Waals surface area contributed by atoms with E-state index in [0.717, 1.165) is 12.1 Å². The van der Waals surface area contributed by atoms with Crippen molar-refractivity contribution in [2.24, 2.45) is 0 Å². The van der Waals surface area contributed by atoms with Crippen LogP contribution in [0.1, 0.15) is 12.5 Å². The molecule has 2 rings (SSSR count). The summed E-state index contributed by atoms with van der Waals surface area (Å²) in [6.45, 7) is 1.43. The summed E-state index contributed by atoms with van der Waals surface area (Å²) >= 11 is 1.87. The average molecular weight is 324 g/mol. The van der Waals surface area contributed by atoms with Crippen molar-refractivity contribution in [2.45, 2.75) is 12.5 Å². The van der Waals surface area contributed by atoms with Crippen LogP contribution in [0.5, 0.6) is 5.75 Å². The Morgan fingerprint density at radius 1 is 1.47 bits per heavy atom. The van der Waals surface area contributed by atoms with E-state index in [0.29, 0.717) is 0 Å². The van der Waals surface area contributed by atoms with Gasteiger partial charge in [0.05, 0.1) is 0 Å². The molecule has 5 heteroatoms. The first-order chi connectivity index (χ1) is 6.96. The van der Waals surface area contributed by atoms with E-state index >= 15 is 0 Å². The number of hydrogen-bond donors (Lipinski definition) is 1. The molecule has 0 fully saturated rings. The average Bonchev–Trinajstić information content (AvgIpc) is 2.39. The van der Waals surface area contributed by atoms with Gasteiger partial charge in [-0.05, 0) is 35.6 Å². The van der Waals surface area contributed by atoms with Gasteiger partial charge < -0.3 is 9.84 Å². The fourth-order valence-corrected chi connectivity index (χ4v) is 2.23. The summed E-state index contributed by atoms with van der Waals surface area (Å²) in [5.41, 5.74) is -1.36. The Bertz CT molecular complexity index is 455. The van der Waals surface area contributed by atoms with Crippen LogP contribution in [-0.2, 0) is 5.60 Å². The molecule has 0 radical (unpaired) electrons. The molecule has 1 atom stereocenters. The second-order valence-corrected chi connectivity index (χ2v) is 4.03. The predicted octanol–water partition coefficient (Wildman–Crippen LogP) is 2.84. The van der Waals surface area contributed by atoms with Crippen molar-refractivity contribution >= 4 is 22.6 Å². The lowest BCUT2D eigenvalue weighted by atomic mass is 9.96. The third-order valence-corrected chi connectivity index (χ3v) is 2.89. The summed E-state index contributed by atoms with van der Waals surface area (Å²) < 4.78 is 32.9. The van der Waals surface area contributed by atoms with Gasteiger partial charge in [-0.2, -0.15) is 0 Å². The summed E-state index contributed by atoms with van der Waals surface area (Å²) in [5.74, 6) is -1.45. The van der Waals surface area contributed by atoms with Gasteiger partial charge in [-0.1, -0.05) is 0 Å². The minimum absolute atomic E-state index is 0.107. The van der Waals surface area contributed by atoms with Crippen molar-refractivity contribution in [3.05, 3.63) is 39.2 Å². The highest BCUT2D eigenvalue weighted by Crippen LogP contribution is 2.45. The minimum Gasteiger partial charge on any atom is -0.454 e. The highest BCUT2D eigenvalue weighted by atomic mass is 127. The molecule has 0 aliphatic carbocycles. The van der Waals surface area contributed by atoms with E-state index in [1.165, 1.54) is 11.0 Å². The van der Waals surface area contributed by atoms with Crippen molar-refractivity contribution in [3.63, 3.8) is 0 Å². The normalized spacial score (nSPS) is 26.6. The fourth-order valence-electron chi connectivity index (χ4n) is 1.50. The lowest BCUT2D eigenvalue weighted by Crippen LogP contribution is -2.20. The number of hydrogen-bond acceptors (Lipinski definition) is 2. The van der Waals surface area contributed by atoms with Crippen LogP contribution in [0, 0.1) is 11.6 Å². The minimum atomic E-state index is -1.47. The molecule has 15 heavy (non-hydrogen) atoms. The van der Waals surface area contributed by atoms with E-state index in [1.54, 1.807) is 0 Å². The summed E-state index contributed by atoms with van der Waals surface area (Å²) in [6.07, 6.45) is 0. The van der Waals surface area contributed by atoms with Gasteiger partial charge in [0, 0.05) is 15.7 Å². The first kappa shape index (κ1) is 10.8. The van der Waals surface area contributed by atoms with Crippen molar-refractivity contribution in [2.75, 3.05) is 0 Å². The summed E-state index contributed by atoms with van der Waals surface area (Å²) in [6, 6.07) is 1.80. The van der Waals surface area contributed by atoms with Gasteiger partial charge in [0.25, 0.3) is 0 Å². The first-order valence-electron chi connectivity index (χ1n) is 4.17. The standard InChI is InChI=1S/C10H7F2IO2/c1-10(14)6-2-5(11)3-7(12)9(6)15-8(10)4-13/h2-4,14H,1H3/b8-4-. The molecule has 0 spiro atoms. The van der Waals surface area contributed by atoms with Gasteiger partial charge >= 0.3 is 0 Å². The molecule has 1 aliphatic heterocycles. The van der Waals surface area contributed by atoms with Crippen molar-refractivity contribution in [1.82, 2.24) is 0 Å². The molecule has 0 saturated carbocycles. The maximum Gasteiger partial charge on any atom is 0.169 e. The number of fused-ring (bicyclic) bond motifs is 1. The lowest BCUT2D eigenvalue weighted by Gasteiger charge is -2.15. The highest BCUT2D eigenvalue weighted by Gasteiger charge is 2.41. The molecule has 0 saturated heterocycles. The number of halogens is 3. The molecule has 1 unspecified atom stereocenters. The smallest absolute Gasteiger partial charge is 0.169 e. The molecule has 1 N–H and O–H groups in total. The molecular formula is C10H7F2IO2. The predicted molar refractivity (Wildman–Crippen MR) is 58.7 cm³/mol. The van der Waals surface area contributed by atoms with Crippen LogP contribution < -0.4 is 4.74 Å². The second-order valence-electron chi connectivity index (χ2n) is 3.41. The zero-order valence-electron chi connectivity index (χ0n) is 7.72. The van der Waals surface area contributed by atoms with Gasteiger partial charge in [-0.3, -0.25) is 0 Å². The zero-order valence-corrected chi connectivity index (χ0v) is 9.88. The SMILES string of the molecule is CC1(O)/C(=C/I)Oc2c(F)cc(F)cc21. The molecule has 1 aromatic carbocycles. The van der Waals surface area contributed by atoms with Gasteiger partial charge in [0.1, 0.15) is 17.2 Å². The number of aliphatic hydroxyl groups is 1. The highest BCUT2D eigenvalue weighted by molar-refractivity contribution is 14.1. The van der Waals surface area contributed by atoms with Crippen molar-refractivity contribution < 1.29 is 18.6 Å². The Labute approximate surface area is 98.7 Å². The van der Waals surface area contributed by atoms with Crippen LogP contribution in [0.15, 0.2) is 22.0 Å². The monoisotopic (exact) mass is 324 g/mol. The third kappa shape index (κ3) is 1.53. The van der Waals surface area contributed by atoms with Crippen LogP contribution in [0.25, 0.3) is 0 Å². The lowest BCUT2D eigenvalue weighted by molar-refractivity contribution is 0.0803. The zero-order chi connectivity index (χ0) is 11.2. The molecule has 1 heterocycles. The Morgan fingerprint density at radius 3 is 2.73 bits per heavy atom. The summed E-state index contributed by atoms with van der Waals surface area (Å²) in [4.78, 5) is 0. The van der Waals surface area contributed by atoms with E-state index in [2.05, 4.69) is 0 Å². The van der Waals surface area contributed by atoms with E-state index in [1.807, 2.05) is 22.6 Å². The Kier molecular flexibility index (Phi) is 2.46. The third-order valence-electron chi connectivity index (χ3n) is 2.32. The summed E-state index contributed by atoms with van der Waals surface area (Å²) in [5, 5.41) is 10.0. The van der Waals surface area contributed by atoms with Crippen molar-refractivity contribution in [1.29, 1.82) is 0 Å². The quantitative estimate of drug-likeness (QED) is 0.744. The maximum atomic E-state index is 13.3. The van der Waals surface area contributed by atoms with Crippen LogP contribution in [0.4, 0.5) is 8.78 Å². The first-order valence-corrected chi connectivity index (χ1v) is 5.42. The fraction of sp³-hybridized carbons (Fsp3) is 0.200. The van der Waals surface area contributed by atoms with Gasteiger partial charge in [0.15, 0.2) is 11.6 Å². The molecule has 2 nitrogen and oxygen atoms in total. The molecule has 1 aromatic rings. The molecular weight excluding hydrogens is 317 g/mol. The van der Waals surface area contributed by atoms with Crippen LogP contribution in [0.2, 0.25) is 0 Å². The topological polar surface area (TPSA) is 29.5 Å². The van der Waals surface area contributed by atoms with E-state index in [4.69, 9.17) is 4.74 Å². The number of rotatable bonds is 0. The number of benzene rings is 1. The van der Waals surface area contributed by atoms with Gasteiger partial charge in [-0.25, -0.2) is 8.78 Å². The molecule has 80 valence electrons.